The van der Waals surface area contributed by atoms with Gasteiger partial charge in [0.25, 0.3) is 0 Å². The van der Waals surface area contributed by atoms with Crippen LogP contribution in [0.25, 0.3) is 10.1 Å². The maximum atomic E-state index is 10.2. The van der Waals surface area contributed by atoms with Crippen molar-refractivity contribution >= 4 is 32.8 Å². The number of thiophene rings is 1. The normalized spacial score (nSPS) is 12.9. The number of nitrogens with zero attached hydrogens (tertiary/aromatic N) is 1. The van der Waals surface area contributed by atoms with Crippen molar-refractivity contribution in [3.05, 3.63) is 51.8 Å². The first-order valence-electron chi connectivity index (χ1n) is 6.07. The van der Waals surface area contributed by atoms with Crippen LogP contribution in [0, 0.1) is 0 Å². The summed E-state index contributed by atoms with van der Waals surface area (Å²) in [5, 5.41) is 14.6. The van der Waals surface area contributed by atoms with Crippen molar-refractivity contribution in [2.45, 2.75) is 12.6 Å². The summed E-state index contributed by atoms with van der Waals surface area (Å²) < 4.78 is 1.22. The standard InChI is InChI=1S/C14H14N2OS2/c17-12(8-15-6-11-7-16-9-18-11)14-5-10-3-1-2-4-13(10)19-14/h1-5,7,9,12,15,17H,6,8H2. The topological polar surface area (TPSA) is 45.1 Å². The number of nitrogens with one attached hydrogen (secondary N) is 1. The summed E-state index contributed by atoms with van der Waals surface area (Å²) >= 11 is 3.28. The highest BCUT2D eigenvalue weighted by Gasteiger charge is 2.10. The van der Waals surface area contributed by atoms with E-state index in [9.17, 15) is 5.11 Å². The van der Waals surface area contributed by atoms with E-state index < -0.39 is 6.10 Å². The Morgan fingerprint density at radius 3 is 3.00 bits per heavy atom. The third-order valence-electron chi connectivity index (χ3n) is 2.89. The molecule has 1 atom stereocenters. The molecule has 2 heterocycles. The maximum absolute atomic E-state index is 10.2. The Hall–Kier alpha value is -1.27. The number of hydrogen-bond acceptors (Lipinski definition) is 5. The van der Waals surface area contributed by atoms with Gasteiger partial charge in [-0.3, -0.25) is 4.98 Å². The van der Waals surface area contributed by atoms with Crippen LogP contribution in [0.2, 0.25) is 0 Å². The highest BCUT2D eigenvalue weighted by molar-refractivity contribution is 7.19. The van der Waals surface area contributed by atoms with Crippen LogP contribution >= 0.6 is 22.7 Å². The minimum atomic E-state index is -0.453. The zero-order chi connectivity index (χ0) is 13.1. The molecule has 19 heavy (non-hydrogen) atoms. The summed E-state index contributed by atoms with van der Waals surface area (Å²) in [5.74, 6) is 0. The Morgan fingerprint density at radius 2 is 2.21 bits per heavy atom. The van der Waals surface area contributed by atoms with E-state index in [0.717, 1.165) is 11.4 Å². The predicted octanol–water partition coefficient (Wildman–Crippen LogP) is 3.18. The van der Waals surface area contributed by atoms with E-state index in [1.807, 2.05) is 23.8 Å². The van der Waals surface area contributed by atoms with E-state index in [1.54, 1.807) is 22.7 Å². The lowest BCUT2D eigenvalue weighted by Crippen LogP contribution is -2.19. The molecule has 3 aromatic rings. The molecule has 0 bridgehead atoms. The SMILES string of the molecule is OC(CNCc1cncs1)c1cc2ccccc2s1. The third kappa shape index (κ3) is 3.01. The summed E-state index contributed by atoms with van der Waals surface area (Å²) in [4.78, 5) is 6.22. The Labute approximate surface area is 119 Å². The minimum absolute atomic E-state index is 0.453. The smallest absolute Gasteiger partial charge is 0.101 e. The molecule has 0 saturated heterocycles. The van der Waals surface area contributed by atoms with Gasteiger partial charge in [-0.15, -0.1) is 22.7 Å². The predicted molar refractivity (Wildman–Crippen MR) is 80.6 cm³/mol. The molecule has 5 heteroatoms. The number of rotatable bonds is 5. The third-order valence-corrected chi connectivity index (χ3v) is 4.89. The molecule has 0 aliphatic carbocycles. The van der Waals surface area contributed by atoms with Crippen LogP contribution in [-0.2, 0) is 6.54 Å². The lowest BCUT2D eigenvalue weighted by Gasteiger charge is -2.08. The average Bonchev–Trinajstić information content (AvgIpc) is 3.07. The molecule has 0 aliphatic rings. The molecule has 2 aromatic heterocycles. The van der Waals surface area contributed by atoms with E-state index in [4.69, 9.17) is 0 Å². The fraction of sp³-hybridized carbons (Fsp3) is 0.214. The molecular weight excluding hydrogens is 276 g/mol. The van der Waals surface area contributed by atoms with Gasteiger partial charge < -0.3 is 10.4 Å². The van der Waals surface area contributed by atoms with E-state index in [-0.39, 0.29) is 0 Å². The van der Waals surface area contributed by atoms with Crippen LogP contribution in [0.4, 0.5) is 0 Å². The average molecular weight is 290 g/mol. The zero-order valence-corrected chi connectivity index (χ0v) is 11.9. The summed E-state index contributed by atoms with van der Waals surface area (Å²) in [6.45, 7) is 1.32. The van der Waals surface area contributed by atoms with Gasteiger partial charge in [0.1, 0.15) is 6.10 Å². The fourth-order valence-corrected chi connectivity index (χ4v) is 3.54. The second kappa shape index (κ2) is 5.79. The van der Waals surface area contributed by atoms with Crippen LogP contribution in [0.15, 0.2) is 42.0 Å². The van der Waals surface area contributed by atoms with Crippen LogP contribution < -0.4 is 5.32 Å². The van der Waals surface area contributed by atoms with Crippen LogP contribution in [0.5, 0.6) is 0 Å². The van der Waals surface area contributed by atoms with Crippen molar-refractivity contribution in [3.8, 4) is 0 Å². The van der Waals surface area contributed by atoms with Crippen molar-refractivity contribution in [3.63, 3.8) is 0 Å². The number of thiazole rings is 1. The number of aliphatic hydroxyl groups excluding tert-OH is 1. The van der Waals surface area contributed by atoms with Gasteiger partial charge in [0.2, 0.25) is 0 Å². The Morgan fingerprint density at radius 1 is 1.32 bits per heavy atom. The van der Waals surface area contributed by atoms with Gasteiger partial charge >= 0.3 is 0 Å². The molecule has 0 spiro atoms. The molecule has 0 fully saturated rings. The number of aromatic nitrogens is 1. The molecule has 2 N–H and O–H groups in total. The second-order valence-electron chi connectivity index (χ2n) is 4.30. The molecule has 98 valence electrons. The number of fused-ring (bicyclic) bond motifs is 1. The van der Waals surface area contributed by atoms with Gasteiger partial charge in [0, 0.05) is 33.7 Å². The molecule has 0 amide bonds. The summed E-state index contributed by atoms with van der Waals surface area (Å²) in [6.07, 6.45) is 1.40. The number of hydrogen-bond donors (Lipinski definition) is 2. The Bertz CT molecular complexity index is 615. The Balaban J connectivity index is 1.61. The number of aliphatic hydroxyl groups is 1. The lowest BCUT2D eigenvalue weighted by atomic mass is 10.2. The molecule has 0 saturated carbocycles. The van der Waals surface area contributed by atoms with E-state index in [1.165, 1.54) is 15.0 Å². The molecule has 0 radical (unpaired) electrons. The molecule has 1 unspecified atom stereocenters. The van der Waals surface area contributed by atoms with Gasteiger partial charge in [0.05, 0.1) is 5.51 Å². The highest BCUT2D eigenvalue weighted by atomic mass is 32.1. The molecular formula is C14H14N2OS2. The summed E-state index contributed by atoms with van der Waals surface area (Å²) in [7, 11) is 0. The summed E-state index contributed by atoms with van der Waals surface area (Å²) in [5.41, 5.74) is 1.82. The van der Waals surface area contributed by atoms with Crippen molar-refractivity contribution in [1.29, 1.82) is 0 Å². The monoisotopic (exact) mass is 290 g/mol. The second-order valence-corrected chi connectivity index (χ2v) is 6.39. The fourth-order valence-electron chi connectivity index (χ4n) is 1.93. The van der Waals surface area contributed by atoms with E-state index >= 15 is 0 Å². The van der Waals surface area contributed by atoms with Gasteiger partial charge in [-0.1, -0.05) is 18.2 Å². The van der Waals surface area contributed by atoms with Crippen LogP contribution in [0.3, 0.4) is 0 Å². The van der Waals surface area contributed by atoms with Gasteiger partial charge in [-0.25, -0.2) is 0 Å². The molecule has 0 aliphatic heterocycles. The lowest BCUT2D eigenvalue weighted by molar-refractivity contribution is 0.178. The van der Waals surface area contributed by atoms with E-state index in [0.29, 0.717) is 6.54 Å². The molecule has 1 aromatic carbocycles. The van der Waals surface area contributed by atoms with Crippen molar-refractivity contribution in [2.24, 2.45) is 0 Å². The minimum Gasteiger partial charge on any atom is -0.386 e. The first-order chi connectivity index (χ1) is 9.33. The van der Waals surface area contributed by atoms with Gasteiger partial charge in [-0.2, -0.15) is 0 Å². The maximum Gasteiger partial charge on any atom is 0.101 e. The van der Waals surface area contributed by atoms with Crippen molar-refractivity contribution in [2.75, 3.05) is 6.54 Å². The van der Waals surface area contributed by atoms with Gasteiger partial charge in [-0.05, 0) is 17.5 Å². The molecule has 3 rings (SSSR count). The van der Waals surface area contributed by atoms with Crippen molar-refractivity contribution in [1.82, 2.24) is 10.3 Å². The highest BCUT2D eigenvalue weighted by Crippen LogP contribution is 2.29. The van der Waals surface area contributed by atoms with Gasteiger partial charge in [0.15, 0.2) is 0 Å². The Kier molecular flexibility index (Phi) is 3.89. The zero-order valence-electron chi connectivity index (χ0n) is 10.2. The first-order valence-corrected chi connectivity index (χ1v) is 7.77. The van der Waals surface area contributed by atoms with E-state index in [2.05, 4.69) is 28.5 Å². The number of benzene rings is 1. The first kappa shape index (κ1) is 12.7. The summed E-state index contributed by atoms with van der Waals surface area (Å²) in [6, 6.07) is 10.3. The van der Waals surface area contributed by atoms with Crippen LogP contribution in [-0.4, -0.2) is 16.6 Å². The molecule has 3 nitrogen and oxygen atoms in total. The van der Waals surface area contributed by atoms with Crippen molar-refractivity contribution < 1.29 is 5.11 Å². The quantitative estimate of drug-likeness (QED) is 0.758. The largest absolute Gasteiger partial charge is 0.386 e. The van der Waals surface area contributed by atoms with Crippen LogP contribution in [0.1, 0.15) is 15.9 Å².